The lowest BCUT2D eigenvalue weighted by Gasteiger charge is -2.28. The predicted molar refractivity (Wildman–Crippen MR) is 155 cm³/mol. The molecule has 4 aromatic rings. The van der Waals surface area contributed by atoms with E-state index >= 15 is 0 Å². The Hall–Kier alpha value is -3.74. The van der Waals surface area contributed by atoms with E-state index in [-0.39, 0.29) is 23.9 Å². The molecule has 2 aromatic carbocycles. The number of alkyl carbamates (subject to hydrolysis) is 1. The Labute approximate surface area is 234 Å². The molecule has 2 unspecified atom stereocenters. The highest BCUT2D eigenvalue weighted by Crippen LogP contribution is 2.41. The number of piperidine rings is 1. The normalized spacial score (nSPS) is 22.4. The Morgan fingerprint density at radius 1 is 1.05 bits per heavy atom. The number of para-hydroxylation sites is 1. The van der Waals surface area contributed by atoms with Crippen LogP contribution in [0, 0.1) is 18.8 Å². The number of likely N-dealkylation sites (tertiary alicyclic amines) is 1. The van der Waals surface area contributed by atoms with Gasteiger partial charge in [-0.1, -0.05) is 24.3 Å². The molecular weight excluding hydrogens is 502 g/mol. The smallest absolute Gasteiger partial charge is 0.407 e. The molecule has 1 saturated heterocycles. The van der Waals surface area contributed by atoms with Crippen LogP contribution >= 0.6 is 0 Å². The zero-order valence-electron chi connectivity index (χ0n) is 23.7. The van der Waals surface area contributed by atoms with Gasteiger partial charge in [0.05, 0.1) is 17.8 Å². The van der Waals surface area contributed by atoms with Gasteiger partial charge in [-0.05, 0) is 89.5 Å². The Kier molecular flexibility index (Phi) is 5.77. The van der Waals surface area contributed by atoms with Gasteiger partial charge in [0.1, 0.15) is 11.2 Å². The van der Waals surface area contributed by atoms with Crippen LogP contribution in [0.25, 0.3) is 33.3 Å². The number of fused-ring (bicyclic) bond motifs is 4. The first kappa shape index (κ1) is 25.2. The minimum absolute atomic E-state index is 0.0106. The molecule has 2 amide bonds. The summed E-state index contributed by atoms with van der Waals surface area (Å²) in [6.45, 7) is 9.32. The lowest BCUT2D eigenvalue weighted by Crippen LogP contribution is -2.46. The number of carbonyl (C=O) groups excluding carboxylic acids is 2. The topological polar surface area (TPSA) is 76.7 Å². The molecule has 1 aliphatic heterocycles. The number of amides is 2. The maximum atomic E-state index is 13.7. The van der Waals surface area contributed by atoms with E-state index in [0.717, 1.165) is 53.3 Å². The summed E-state index contributed by atoms with van der Waals surface area (Å²) >= 11 is 0. The van der Waals surface area contributed by atoms with Crippen molar-refractivity contribution in [3.05, 3.63) is 59.7 Å². The van der Waals surface area contributed by atoms with Gasteiger partial charge in [0, 0.05) is 40.5 Å². The standard InChI is InChI=1S/C33H37N3O4/c1-19-24-13-11-22(31(37)36-18-23-12-14-26(36)29(23)34-32(38)40-33(2,3)4)16-28(24)39-30(19)27-15-21-7-5-6-8-25(21)35(27)17-20-9-10-20/h5-8,11,13,15-16,20,23,26,29H,9-10,12,14,17-18H2,1-4H3,(H,34,38)/t23?,26?,29-/m1/s1. The van der Waals surface area contributed by atoms with Crippen molar-refractivity contribution in [1.29, 1.82) is 0 Å². The highest BCUT2D eigenvalue weighted by molar-refractivity contribution is 6.00. The average molecular weight is 540 g/mol. The third-order valence-electron chi connectivity index (χ3n) is 8.90. The first-order valence-corrected chi connectivity index (χ1v) is 14.6. The molecule has 40 heavy (non-hydrogen) atoms. The summed E-state index contributed by atoms with van der Waals surface area (Å²) in [5.41, 5.74) is 4.22. The number of nitrogens with one attached hydrogen (secondary N) is 1. The van der Waals surface area contributed by atoms with Gasteiger partial charge in [-0.25, -0.2) is 4.79 Å². The highest BCUT2D eigenvalue weighted by Gasteiger charge is 2.49. The fourth-order valence-corrected chi connectivity index (χ4v) is 6.81. The Morgan fingerprint density at radius 3 is 2.62 bits per heavy atom. The number of nitrogens with zero attached hydrogens (tertiary/aromatic N) is 2. The van der Waals surface area contributed by atoms with Crippen molar-refractivity contribution < 1.29 is 18.7 Å². The lowest BCUT2D eigenvalue weighted by molar-refractivity contribution is 0.0485. The molecule has 0 radical (unpaired) electrons. The van der Waals surface area contributed by atoms with Gasteiger partial charge in [-0.2, -0.15) is 0 Å². The molecule has 3 fully saturated rings. The SMILES string of the molecule is Cc1c(-c2cc3ccccc3n2CC2CC2)oc2cc(C(=O)N3CC4CCC3[C@@H]4NC(=O)OC(C)(C)C)ccc12. The van der Waals surface area contributed by atoms with Gasteiger partial charge in [-0.15, -0.1) is 0 Å². The van der Waals surface area contributed by atoms with Crippen molar-refractivity contribution in [3.8, 4) is 11.5 Å². The van der Waals surface area contributed by atoms with Crippen LogP contribution in [0.3, 0.4) is 0 Å². The summed E-state index contributed by atoms with van der Waals surface area (Å²) in [6.07, 6.45) is 4.03. The van der Waals surface area contributed by atoms with Gasteiger partial charge >= 0.3 is 6.09 Å². The van der Waals surface area contributed by atoms with Crippen LogP contribution in [0.5, 0.6) is 0 Å². The molecule has 3 atom stereocenters. The Balaban J connectivity index is 1.17. The van der Waals surface area contributed by atoms with Gasteiger partial charge in [0.2, 0.25) is 0 Å². The summed E-state index contributed by atoms with van der Waals surface area (Å²) in [5, 5.41) is 5.30. The summed E-state index contributed by atoms with van der Waals surface area (Å²) < 4.78 is 14.4. The van der Waals surface area contributed by atoms with Crippen molar-refractivity contribution in [2.45, 2.75) is 77.6 Å². The number of rotatable bonds is 5. The minimum atomic E-state index is -0.557. The number of aromatic nitrogens is 1. The number of aryl methyl sites for hydroxylation is 1. The lowest BCUT2D eigenvalue weighted by atomic mass is 10.1. The molecule has 7 heteroatoms. The third kappa shape index (κ3) is 4.36. The van der Waals surface area contributed by atoms with Crippen LogP contribution in [-0.4, -0.2) is 45.7 Å². The number of furan rings is 1. The van der Waals surface area contributed by atoms with Crippen LogP contribution in [0.15, 0.2) is 52.9 Å². The maximum Gasteiger partial charge on any atom is 0.407 e. The van der Waals surface area contributed by atoms with Crippen LogP contribution in [0.4, 0.5) is 4.79 Å². The molecule has 2 saturated carbocycles. The van der Waals surface area contributed by atoms with Crippen LogP contribution < -0.4 is 5.32 Å². The molecular formula is C33H37N3O4. The van der Waals surface area contributed by atoms with Crippen molar-refractivity contribution >= 4 is 33.9 Å². The second-order valence-corrected chi connectivity index (χ2v) is 12.9. The fourth-order valence-electron chi connectivity index (χ4n) is 6.81. The van der Waals surface area contributed by atoms with Gasteiger partial charge < -0.3 is 23.9 Å². The zero-order valence-corrected chi connectivity index (χ0v) is 23.7. The molecule has 2 aromatic heterocycles. The first-order valence-electron chi connectivity index (χ1n) is 14.6. The third-order valence-corrected chi connectivity index (χ3v) is 8.90. The largest absolute Gasteiger partial charge is 0.454 e. The highest BCUT2D eigenvalue weighted by atomic mass is 16.6. The number of hydrogen-bond acceptors (Lipinski definition) is 4. The number of hydrogen-bond donors (Lipinski definition) is 1. The molecule has 2 aliphatic carbocycles. The van der Waals surface area contributed by atoms with E-state index < -0.39 is 11.7 Å². The Morgan fingerprint density at radius 2 is 1.85 bits per heavy atom. The van der Waals surface area contributed by atoms with E-state index in [4.69, 9.17) is 9.15 Å². The van der Waals surface area contributed by atoms with E-state index in [2.05, 4.69) is 47.1 Å². The van der Waals surface area contributed by atoms with Crippen molar-refractivity contribution in [1.82, 2.24) is 14.8 Å². The monoisotopic (exact) mass is 539 g/mol. The quantitative estimate of drug-likeness (QED) is 0.299. The number of ether oxygens (including phenoxy) is 1. The molecule has 3 aliphatic rings. The minimum Gasteiger partial charge on any atom is -0.454 e. The molecule has 1 N–H and O–H groups in total. The molecule has 3 heterocycles. The summed E-state index contributed by atoms with van der Waals surface area (Å²) in [7, 11) is 0. The van der Waals surface area contributed by atoms with E-state index in [0.29, 0.717) is 12.1 Å². The zero-order chi connectivity index (χ0) is 27.8. The fraction of sp³-hybridized carbons (Fsp3) is 0.455. The van der Waals surface area contributed by atoms with Crippen LogP contribution in [0.1, 0.15) is 62.4 Å². The summed E-state index contributed by atoms with van der Waals surface area (Å²) in [6, 6.07) is 16.5. The molecule has 0 spiro atoms. The summed E-state index contributed by atoms with van der Waals surface area (Å²) in [5.74, 6) is 1.84. The van der Waals surface area contributed by atoms with Gasteiger partial charge in [0.15, 0.2) is 5.76 Å². The van der Waals surface area contributed by atoms with Crippen molar-refractivity contribution in [3.63, 3.8) is 0 Å². The predicted octanol–water partition coefficient (Wildman–Crippen LogP) is 6.90. The molecule has 7 nitrogen and oxygen atoms in total. The Bertz CT molecular complexity index is 1640. The van der Waals surface area contributed by atoms with Gasteiger partial charge in [0.25, 0.3) is 5.91 Å². The molecule has 208 valence electrons. The first-order chi connectivity index (χ1) is 19.2. The number of benzene rings is 2. The summed E-state index contributed by atoms with van der Waals surface area (Å²) in [4.78, 5) is 28.1. The molecule has 7 rings (SSSR count). The number of carbonyl (C=O) groups is 2. The maximum absolute atomic E-state index is 13.7. The van der Waals surface area contributed by atoms with E-state index in [9.17, 15) is 9.59 Å². The average Bonchev–Trinajstić information content (AvgIpc) is 3.26. The van der Waals surface area contributed by atoms with E-state index in [1.54, 1.807) is 0 Å². The van der Waals surface area contributed by atoms with E-state index in [1.807, 2.05) is 43.9 Å². The molecule has 2 bridgehead atoms. The van der Waals surface area contributed by atoms with Crippen molar-refractivity contribution in [2.75, 3.05) is 6.54 Å². The second kappa shape index (κ2) is 9.15. The second-order valence-electron chi connectivity index (χ2n) is 12.9. The van der Waals surface area contributed by atoms with E-state index in [1.165, 1.54) is 23.7 Å². The van der Waals surface area contributed by atoms with Crippen LogP contribution in [0.2, 0.25) is 0 Å². The van der Waals surface area contributed by atoms with Crippen molar-refractivity contribution in [2.24, 2.45) is 11.8 Å². The van der Waals surface area contributed by atoms with Gasteiger partial charge in [-0.3, -0.25) is 4.79 Å². The van der Waals surface area contributed by atoms with Crippen LogP contribution in [-0.2, 0) is 11.3 Å².